The summed E-state index contributed by atoms with van der Waals surface area (Å²) in [6, 6.07) is 4.81. The number of imidazole rings is 1. The van der Waals surface area contributed by atoms with Gasteiger partial charge in [0.25, 0.3) is 0 Å². The van der Waals surface area contributed by atoms with E-state index in [1.807, 2.05) is 6.07 Å². The monoisotopic (exact) mass is 249 g/mol. The zero-order chi connectivity index (χ0) is 13.0. The molecule has 0 aliphatic heterocycles. The summed E-state index contributed by atoms with van der Waals surface area (Å²) >= 11 is 0. The molecule has 0 aliphatic carbocycles. The summed E-state index contributed by atoms with van der Waals surface area (Å²) < 4.78 is 15.3. The lowest BCUT2D eigenvalue weighted by atomic mass is 10.3. The highest BCUT2D eigenvalue weighted by Gasteiger charge is 2.09. The van der Waals surface area contributed by atoms with Gasteiger partial charge in [-0.2, -0.15) is 0 Å². The van der Waals surface area contributed by atoms with Crippen LogP contribution in [0.5, 0.6) is 0 Å². The molecule has 3 nitrogen and oxygen atoms in total. The van der Waals surface area contributed by atoms with Crippen molar-refractivity contribution >= 4 is 11.0 Å². The van der Waals surface area contributed by atoms with Crippen molar-refractivity contribution in [2.75, 3.05) is 13.1 Å². The first kappa shape index (κ1) is 13.0. The molecule has 2 aromatic rings. The van der Waals surface area contributed by atoms with Crippen molar-refractivity contribution in [2.24, 2.45) is 0 Å². The molecule has 0 fully saturated rings. The molecule has 0 radical (unpaired) electrons. The van der Waals surface area contributed by atoms with Gasteiger partial charge in [0, 0.05) is 25.6 Å². The lowest BCUT2D eigenvalue weighted by Gasteiger charge is -2.06. The third-order valence-corrected chi connectivity index (χ3v) is 3.06. The van der Waals surface area contributed by atoms with Gasteiger partial charge in [-0.3, -0.25) is 0 Å². The van der Waals surface area contributed by atoms with Crippen LogP contribution in [0, 0.1) is 5.82 Å². The maximum absolute atomic E-state index is 13.2. The van der Waals surface area contributed by atoms with Gasteiger partial charge in [0.1, 0.15) is 11.6 Å². The molecule has 2 rings (SSSR count). The predicted molar refractivity (Wildman–Crippen MR) is 72.2 cm³/mol. The molecule has 0 atom stereocenters. The lowest BCUT2D eigenvalue weighted by molar-refractivity contribution is 0.629. The smallest absolute Gasteiger partial charge is 0.125 e. The van der Waals surface area contributed by atoms with Crippen LogP contribution in [-0.4, -0.2) is 22.6 Å². The van der Waals surface area contributed by atoms with Crippen molar-refractivity contribution < 1.29 is 4.39 Å². The van der Waals surface area contributed by atoms with E-state index in [9.17, 15) is 4.39 Å². The standard InChI is InChI=1S/C14H20FN3/c1-3-8-16-9-7-14-17-12-10-11(15)5-6-13(12)18(14)4-2/h5-6,10,16H,3-4,7-9H2,1-2H3. The van der Waals surface area contributed by atoms with Crippen LogP contribution in [0.25, 0.3) is 11.0 Å². The number of hydrogen-bond donors (Lipinski definition) is 1. The fourth-order valence-electron chi connectivity index (χ4n) is 2.20. The van der Waals surface area contributed by atoms with Crippen LogP contribution in [0.15, 0.2) is 18.2 Å². The second kappa shape index (κ2) is 5.96. The maximum atomic E-state index is 13.2. The molecular formula is C14H20FN3. The highest BCUT2D eigenvalue weighted by molar-refractivity contribution is 5.76. The van der Waals surface area contributed by atoms with Gasteiger partial charge in [-0.15, -0.1) is 0 Å². The Kier molecular flexibility index (Phi) is 4.31. The molecule has 4 heteroatoms. The van der Waals surface area contributed by atoms with Gasteiger partial charge in [-0.25, -0.2) is 9.37 Å². The fourth-order valence-corrected chi connectivity index (χ4v) is 2.20. The van der Waals surface area contributed by atoms with E-state index in [4.69, 9.17) is 0 Å². The number of aromatic nitrogens is 2. The van der Waals surface area contributed by atoms with Crippen LogP contribution < -0.4 is 5.32 Å². The Morgan fingerprint density at radius 1 is 1.28 bits per heavy atom. The normalized spacial score (nSPS) is 11.3. The quantitative estimate of drug-likeness (QED) is 0.798. The summed E-state index contributed by atoms with van der Waals surface area (Å²) in [6.45, 7) is 7.05. The van der Waals surface area contributed by atoms with Gasteiger partial charge < -0.3 is 9.88 Å². The molecule has 0 amide bonds. The minimum Gasteiger partial charge on any atom is -0.328 e. The van der Waals surface area contributed by atoms with Crippen molar-refractivity contribution in [1.82, 2.24) is 14.9 Å². The Bertz CT molecular complexity index is 519. The highest BCUT2D eigenvalue weighted by atomic mass is 19.1. The summed E-state index contributed by atoms with van der Waals surface area (Å²) in [6.07, 6.45) is 2.01. The topological polar surface area (TPSA) is 29.9 Å². The van der Waals surface area contributed by atoms with E-state index < -0.39 is 0 Å². The van der Waals surface area contributed by atoms with E-state index in [2.05, 4.69) is 28.7 Å². The number of nitrogens with zero attached hydrogens (tertiary/aromatic N) is 2. The lowest BCUT2D eigenvalue weighted by Crippen LogP contribution is -2.19. The van der Waals surface area contributed by atoms with Crippen LogP contribution in [0.2, 0.25) is 0 Å². The average molecular weight is 249 g/mol. The van der Waals surface area contributed by atoms with Crippen molar-refractivity contribution in [2.45, 2.75) is 33.2 Å². The summed E-state index contributed by atoms with van der Waals surface area (Å²) in [5.74, 6) is 0.806. The first-order valence-corrected chi connectivity index (χ1v) is 6.61. The minimum absolute atomic E-state index is 0.223. The maximum Gasteiger partial charge on any atom is 0.125 e. The summed E-state index contributed by atoms with van der Waals surface area (Å²) in [5.41, 5.74) is 1.77. The first-order chi connectivity index (χ1) is 8.76. The van der Waals surface area contributed by atoms with Crippen molar-refractivity contribution in [1.29, 1.82) is 0 Å². The SMILES string of the molecule is CCCNCCc1nc2cc(F)ccc2n1CC. The Balaban J connectivity index is 2.21. The highest BCUT2D eigenvalue weighted by Crippen LogP contribution is 2.17. The zero-order valence-electron chi connectivity index (χ0n) is 11.0. The van der Waals surface area contributed by atoms with Gasteiger partial charge in [0.15, 0.2) is 0 Å². The molecule has 1 aromatic heterocycles. The largest absolute Gasteiger partial charge is 0.328 e. The Hall–Kier alpha value is -1.42. The Labute approximate surface area is 107 Å². The van der Waals surface area contributed by atoms with Gasteiger partial charge >= 0.3 is 0 Å². The molecule has 0 spiro atoms. The summed E-state index contributed by atoms with van der Waals surface area (Å²) in [7, 11) is 0. The zero-order valence-corrected chi connectivity index (χ0v) is 11.0. The molecule has 0 saturated carbocycles. The molecule has 18 heavy (non-hydrogen) atoms. The molecule has 98 valence electrons. The van der Waals surface area contributed by atoms with Crippen LogP contribution in [0.4, 0.5) is 4.39 Å². The van der Waals surface area contributed by atoms with Crippen LogP contribution in [0.3, 0.4) is 0 Å². The number of benzene rings is 1. The van der Waals surface area contributed by atoms with Gasteiger partial charge in [0.05, 0.1) is 11.0 Å². The fraction of sp³-hybridized carbons (Fsp3) is 0.500. The first-order valence-electron chi connectivity index (χ1n) is 6.61. The average Bonchev–Trinajstić information content (AvgIpc) is 2.71. The second-order valence-corrected chi connectivity index (χ2v) is 4.41. The summed E-state index contributed by atoms with van der Waals surface area (Å²) in [4.78, 5) is 4.52. The number of fused-ring (bicyclic) bond motifs is 1. The van der Waals surface area contributed by atoms with Crippen molar-refractivity contribution in [3.8, 4) is 0 Å². The van der Waals surface area contributed by atoms with E-state index in [0.29, 0.717) is 0 Å². The van der Waals surface area contributed by atoms with E-state index in [1.54, 1.807) is 0 Å². The van der Waals surface area contributed by atoms with Gasteiger partial charge in [-0.05, 0) is 32.0 Å². The number of hydrogen-bond acceptors (Lipinski definition) is 2. The van der Waals surface area contributed by atoms with E-state index in [1.165, 1.54) is 12.1 Å². The van der Waals surface area contributed by atoms with Gasteiger partial charge in [0.2, 0.25) is 0 Å². The number of nitrogens with one attached hydrogen (secondary N) is 1. The van der Waals surface area contributed by atoms with Gasteiger partial charge in [-0.1, -0.05) is 6.92 Å². The van der Waals surface area contributed by atoms with Crippen molar-refractivity contribution in [3.05, 3.63) is 29.8 Å². The third kappa shape index (κ3) is 2.70. The molecule has 0 saturated heterocycles. The molecule has 0 unspecified atom stereocenters. The molecule has 0 bridgehead atoms. The molecule has 1 N–H and O–H groups in total. The Morgan fingerprint density at radius 3 is 2.83 bits per heavy atom. The van der Waals surface area contributed by atoms with Crippen LogP contribution in [0.1, 0.15) is 26.1 Å². The number of rotatable bonds is 6. The van der Waals surface area contributed by atoms with Crippen LogP contribution in [-0.2, 0) is 13.0 Å². The minimum atomic E-state index is -0.223. The number of halogens is 1. The molecule has 0 aliphatic rings. The van der Waals surface area contributed by atoms with E-state index >= 15 is 0 Å². The number of aryl methyl sites for hydroxylation is 1. The summed E-state index contributed by atoms with van der Waals surface area (Å²) in [5, 5.41) is 3.36. The Morgan fingerprint density at radius 2 is 2.11 bits per heavy atom. The molecule has 1 heterocycles. The second-order valence-electron chi connectivity index (χ2n) is 4.41. The van der Waals surface area contributed by atoms with E-state index in [-0.39, 0.29) is 5.82 Å². The molecule has 1 aromatic carbocycles. The predicted octanol–water partition coefficient (Wildman–Crippen LogP) is 2.74. The molecular weight excluding hydrogens is 229 g/mol. The third-order valence-electron chi connectivity index (χ3n) is 3.06. The van der Waals surface area contributed by atoms with Crippen LogP contribution >= 0.6 is 0 Å². The van der Waals surface area contributed by atoms with Crippen molar-refractivity contribution in [3.63, 3.8) is 0 Å². The van der Waals surface area contributed by atoms with E-state index in [0.717, 1.165) is 49.3 Å².